The van der Waals surface area contributed by atoms with Crippen LogP contribution >= 0.6 is 0 Å². The second-order valence-electron chi connectivity index (χ2n) is 21.7. The van der Waals surface area contributed by atoms with Crippen LogP contribution in [0.25, 0.3) is 0 Å². The van der Waals surface area contributed by atoms with Gasteiger partial charge in [0.15, 0.2) is 24.7 Å². The molecule has 2 aromatic carbocycles. The van der Waals surface area contributed by atoms with E-state index < -0.39 is 17.5 Å². The van der Waals surface area contributed by atoms with E-state index in [1.807, 2.05) is 28.2 Å². The molecule has 0 spiro atoms. The average molecular weight is 1110 g/mol. The Morgan fingerprint density at radius 2 is 0.741 bits per heavy atom. The van der Waals surface area contributed by atoms with Gasteiger partial charge in [-0.2, -0.15) is 0 Å². The number of carbonyl (C=O) groups excluding carboxylic acids is 9. The molecule has 5 heterocycles. The highest BCUT2D eigenvalue weighted by Crippen LogP contribution is 2.31. The van der Waals surface area contributed by atoms with Crippen LogP contribution in [0.4, 0.5) is 28.4 Å². The molecule has 23 heteroatoms. The largest absolute Gasteiger partial charge is 0.351 e. The number of amides is 7. The minimum absolute atomic E-state index is 0.0713. The Labute approximate surface area is 468 Å². The number of fused-ring (bicyclic) bond motifs is 2. The van der Waals surface area contributed by atoms with E-state index in [9.17, 15) is 43.2 Å². The van der Waals surface area contributed by atoms with Gasteiger partial charge in [-0.3, -0.25) is 43.2 Å². The van der Waals surface area contributed by atoms with Crippen molar-refractivity contribution in [3.8, 4) is 0 Å². The van der Waals surface area contributed by atoms with E-state index in [1.54, 1.807) is 144 Å². The lowest BCUT2D eigenvalue weighted by atomic mass is 9.83. The molecule has 0 atom stereocenters. The van der Waals surface area contributed by atoms with E-state index in [1.165, 1.54) is 24.3 Å². The third kappa shape index (κ3) is 13.8. The van der Waals surface area contributed by atoms with E-state index in [2.05, 4.69) is 37.2 Å². The van der Waals surface area contributed by atoms with Gasteiger partial charge in [-0.1, -0.05) is 0 Å². The van der Waals surface area contributed by atoms with E-state index in [4.69, 9.17) is 0 Å². The van der Waals surface area contributed by atoms with Crippen LogP contribution in [0, 0.1) is 0 Å². The second-order valence-corrected chi connectivity index (χ2v) is 21.7. The van der Waals surface area contributed by atoms with Gasteiger partial charge in [0.1, 0.15) is 28.5 Å². The summed E-state index contributed by atoms with van der Waals surface area (Å²) >= 11 is 0. The summed E-state index contributed by atoms with van der Waals surface area (Å²) in [5, 5.41) is 20.0. The monoisotopic (exact) mass is 1100 g/mol. The van der Waals surface area contributed by atoms with Crippen LogP contribution in [0.3, 0.4) is 0 Å². The highest BCUT2D eigenvalue weighted by Gasteiger charge is 2.32. The molecule has 0 bridgehead atoms. The Morgan fingerprint density at radius 3 is 1.09 bits per heavy atom. The average Bonchev–Trinajstić information content (AvgIpc) is 4.38. The number of ketones is 2. The lowest BCUT2D eigenvalue weighted by molar-refractivity contribution is -0.882. The normalized spacial score (nSPS) is 12.1. The highest BCUT2D eigenvalue weighted by atomic mass is 16.2. The first-order chi connectivity index (χ1) is 38.3. The molecule has 0 unspecified atom stereocenters. The van der Waals surface area contributed by atoms with Crippen molar-refractivity contribution in [3.05, 3.63) is 161 Å². The van der Waals surface area contributed by atoms with Crippen LogP contribution in [0.1, 0.15) is 97.1 Å². The number of likely N-dealkylation sites (N-methyl/N-ethyl adjacent to an activating group) is 2. The zero-order valence-electron chi connectivity index (χ0n) is 46.9. The van der Waals surface area contributed by atoms with Crippen LogP contribution in [-0.4, -0.2) is 152 Å². The van der Waals surface area contributed by atoms with E-state index in [-0.39, 0.29) is 75.3 Å². The van der Waals surface area contributed by atoms with Gasteiger partial charge in [-0.15, -0.1) is 0 Å². The smallest absolute Gasteiger partial charge is 0.279 e. The Kier molecular flexibility index (Phi) is 16.9. The summed E-state index contributed by atoms with van der Waals surface area (Å²) < 4.78 is 8.81. The summed E-state index contributed by atoms with van der Waals surface area (Å²) in [7, 11) is 16.2. The SMILES string of the molecule is Cn1cc(NC(=O)c2cccn2C)cc1C(=O)NCCC[N+](C)(C)CC(=O)Nc1ccc2c(c1)C(=O)c1ccc(NC(=O)C[N+](C)(C)CCCNC(=O)c3cc(NC(=O)c4cc(NC(=O)c5cccn5C)cn4C)cn3C)cc1C2=O. The number of anilines is 5. The zero-order valence-corrected chi connectivity index (χ0v) is 46.9. The van der Waals surface area contributed by atoms with Crippen molar-refractivity contribution >= 4 is 81.4 Å². The minimum Gasteiger partial charge on any atom is -0.351 e. The molecule has 0 saturated carbocycles. The molecule has 0 radical (unpaired) electrons. The van der Waals surface area contributed by atoms with Crippen LogP contribution in [0.5, 0.6) is 0 Å². The number of hydrogen-bond acceptors (Lipinski definition) is 9. The number of nitrogens with one attached hydrogen (secondary N) is 7. The Bertz CT molecular complexity index is 3640. The first-order valence-corrected chi connectivity index (χ1v) is 26.2. The molecule has 23 nitrogen and oxygen atoms in total. The number of nitrogens with zero attached hydrogens (tertiary/aromatic N) is 7. The Morgan fingerprint density at radius 1 is 0.395 bits per heavy atom. The van der Waals surface area contributed by atoms with Gasteiger partial charge in [-0.05, 0) is 78.9 Å². The predicted octanol–water partition coefficient (Wildman–Crippen LogP) is 4.58. The second kappa shape index (κ2) is 23.8. The highest BCUT2D eigenvalue weighted by molar-refractivity contribution is 6.29. The fourth-order valence-corrected chi connectivity index (χ4v) is 9.80. The summed E-state index contributed by atoms with van der Waals surface area (Å²) in [6.07, 6.45) is 9.57. The summed E-state index contributed by atoms with van der Waals surface area (Å²) in [5.41, 5.74) is 4.62. The van der Waals surface area contributed by atoms with Crippen LogP contribution in [-0.2, 0) is 44.8 Å². The van der Waals surface area contributed by atoms with Crippen molar-refractivity contribution in [2.75, 3.05) is 94.0 Å². The van der Waals surface area contributed by atoms with Crippen LogP contribution in [0.15, 0.2) is 110 Å². The fourth-order valence-electron chi connectivity index (χ4n) is 9.80. The number of carbonyl (C=O) groups is 9. The molecule has 0 aliphatic heterocycles. The number of aryl methyl sites for hydroxylation is 5. The molecule has 81 heavy (non-hydrogen) atoms. The molecule has 1 aliphatic rings. The first-order valence-electron chi connectivity index (χ1n) is 26.2. The van der Waals surface area contributed by atoms with E-state index >= 15 is 0 Å². The molecule has 5 aromatic heterocycles. The standard InChI is InChI=1S/C58H66N14O9/c1-66-22-10-14-45(66)56(79)63-38-28-47(68(3)31-38)54(77)59-20-12-24-71(6,7)34-50(73)61-36-16-18-41-43(26-36)52(75)42-19-17-37(27-44(42)53(41)76)62-51(74)35-72(8,9)25-13-21-60-55(78)48-29-39(32-69(48)4)65-58(81)49-30-40(33-70(49)5)64-57(80)46-15-11-23-67(46)2/h10-11,14-19,22-23,26-33H,12-13,20-21,24-25,34-35H2,1-9H3,(H5-2,59,60,61,62,63,64,65,73,74,75,76,77,78,79,80,81)/p+2. The fraction of sp³-hybridized carbons (Fsp3) is 0.293. The minimum atomic E-state index is -0.430. The molecular weight excluding hydrogens is 1040 g/mol. The predicted molar refractivity (Wildman–Crippen MR) is 306 cm³/mol. The molecule has 0 saturated heterocycles. The third-order valence-electron chi connectivity index (χ3n) is 14.0. The first kappa shape index (κ1) is 57.6. The van der Waals surface area contributed by atoms with Crippen molar-refractivity contribution in [2.24, 2.45) is 35.2 Å². The summed E-state index contributed by atoms with van der Waals surface area (Å²) in [6, 6.07) is 20.8. The topological polar surface area (TPSA) is 262 Å². The van der Waals surface area contributed by atoms with Gasteiger partial charge in [0, 0.05) is 126 Å². The van der Waals surface area contributed by atoms with E-state index in [0.29, 0.717) is 100 Å². The molecule has 422 valence electrons. The van der Waals surface area contributed by atoms with Crippen molar-refractivity contribution in [1.29, 1.82) is 0 Å². The maximum atomic E-state index is 13.8. The quantitative estimate of drug-likeness (QED) is 0.0370. The van der Waals surface area contributed by atoms with Gasteiger partial charge in [0.05, 0.1) is 58.3 Å². The maximum absolute atomic E-state index is 13.8. The molecule has 7 amide bonds. The maximum Gasteiger partial charge on any atom is 0.279 e. The van der Waals surface area contributed by atoms with Crippen molar-refractivity contribution in [1.82, 2.24) is 33.5 Å². The molecule has 7 N–H and O–H groups in total. The third-order valence-corrected chi connectivity index (χ3v) is 14.0. The molecule has 7 aromatic rings. The van der Waals surface area contributed by atoms with E-state index in [0.717, 1.165) is 0 Å². The molecular formula is C58H68N14O9+2. The van der Waals surface area contributed by atoms with Gasteiger partial charge in [0.2, 0.25) is 0 Å². The van der Waals surface area contributed by atoms with Gasteiger partial charge in [0.25, 0.3) is 41.4 Å². The Hall–Kier alpha value is -9.61. The van der Waals surface area contributed by atoms with Crippen LogP contribution < -0.4 is 37.2 Å². The number of quaternary nitrogens is 2. The van der Waals surface area contributed by atoms with Crippen molar-refractivity contribution in [2.45, 2.75) is 12.8 Å². The molecule has 1 aliphatic carbocycles. The Balaban J connectivity index is 0.753. The number of hydrogen-bond donors (Lipinski definition) is 7. The summed E-state index contributed by atoms with van der Waals surface area (Å²) in [5.74, 6) is -3.11. The van der Waals surface area contributed by atoms with Gasteiger partial charge < -0.3 is 69.0 Å². The summed E-state index contributed by atoms with van der Waals surface area (Å²) in [4.78, 5) is 119. The van der Waals surface area contributed by atoms with Gasteiger partial charge in [-0.25, -0.2) is 0 Å². The van der Waals surface area contributed by atoms with Crippen molar-refractivity contribution < 1.29 is 52.1 Å². The number of rotatable bonds is 22. The van der Waals surface area contributed by atoms with Crippen molar-refractivity contribution in [3.63, 3.8) is 0 Å². The lowest BCUT2D eigenvalue weighted by Gasteiger charge is -2.29. The number of benzene rings is 2. The summed E-state index contributed by atoms with van der Waals surface area (Å²) in [6.45, 7) is 1.90. The lowest BCUT2D eigenvalue weighted by Crippen LogP contribution is -2.47. The molecule has 8 rings (SSSR count). The van der Waals surface area contributed by atoms with Gasteiger partial charge >= 0.3 is 0 Å². The van der Waals surface area contributed by atoms with Crippen LogP contribution in [0.2, 0.25) is 0 Å². The number of aromatic nitrogens is 5. The zero-order chi connectivity index (χ0) is 58.5. The molecule has 0 fully saturated rings.